The van der Waals surface area contributed by atoms with E-state index in [1.165, 1.54) is 37.6 Å². The van der Waals surface area contributed by atoms with Crippen molar-refractivity contribution in [2.45, 2.75) is 108 Å². The van der Waals surface area contributed by atoms with Crippen molar-refractivity contribution in [1.29, 1.82) is 0 Å². The average Bonchev–Trinajstić information content (AvgIpc) is 2.79. The first-order chi connectivity index (χ1) is 15.3. The molecular weight excluding hydrogens is 410 g/mol. The predicted molar refractivity (Wildman–Crippen MR) is 128 cm³/mol. The van der Waals surface area contributed by atoms with Gasteiger partial charge in [-0.05, 0) is 38.5 Å². The predicted octanol–water partition coefficient (Wildman–Crippen LogP) is 2.69. The number of rotatable bonds is 20. The molecule has 0 heterocycles. The van der Waals surface area contributed by atoms with E-state index in [-0.39, 0.29) is 12.5 Å². The summed E-state index contributed by atoms with van der Waals surface area (Å²) in [5, 5.41) is 47.5. The third kappa shape index (κ3) is 15.5. The van der Waals surface area contributed by atoms with E-state index in [9.17, 15) is 25.2 Å². The molecule has 188 valence electrons. The fourth-order valence-electron chi connectivity index (χ4n) is 3.33. The van der Waals surface area contributed by atoms with Gasteiger partial charge >= 0.3 is 0 Å². The second-order valence-electron chi connectivity index (χ2n) is 8.55. The number of allylic oxidation sites excluding steroid dienone is 4. The van der Waals surface area contributed by atoms with Gasteiger partial charge in [0.2, 0.25) is 5.91 Å². The summed E-state index contributed by atoms with van der Waals surface area (Å²) in [7, 11) is 1.53. The van der Waals surface area contributed by atoms with Crippen LogP contribution in [0.25, 0.3) is 0 Å². The third-order valence-corrected chi connectivity index (χ3v) is 5.55. The molecule has 0 unspecified atom stereocenters. The molecule has 0 rings (SSSR count). The lowest BCUT2D eigenvalue weighted by Crippen LogP contribution is -2.49. The number of amides is 1. The number of nitrogens with zero attached hydrogens (tertiary/aromatic N) is 1. The highest BCUT2D eigenvalue weighted by Crippen LogP contribution is 2.11. The van der Waals surface area contributed by atoms with Gasteiger partial charge in [-0.2, -0.15) is 0 Å². The lowest BCUT2D eigenvalue weighted by Gasteiger charge is -2.28. The largest absolute Gasteiger partial charge is 0.394 e. The molecule has 0 aliphatic rings. The lowest BCUT2D eigenvalue weighted by atomic mass is 10.0. The highest BCUT2D eigenvalue weighted by Gasteiger charge is 2.31. The molecule has 5 N–H and O–H groups in total. The Morgan fingerprint density at radius 1 is 0.781 bits per heavy atom. The molecule has 4 atom stereocenters. The summed E-state index contributed by atoms with van der Waals surface area (Å²) in [4.78, 5) is 13.5. The number of unbranched alkanes of at least 4 members (excludes halogenated alkanes) is 8. The Morgan fingerprint density at radius 2 is 1.31 bits per heavy atom. The first kappa shape index (κ1) is 30.8. The van der Waals surface area contributed by atoms with Gasteiger partial charge in [-0.15, -0.1) is 0 Å². The van der Waals surface area contributed by atoms with Crippen LogP contribution in [0.5, 0.6) is 0 Å². The Balaban J connectivity index is 3.76. The van der Waals surface area contributed by atoms with Gasteiger partial charge in [0.05, 0.1) is 6.61 Å². The number of hydrogen-bond acceptors (Lipinski definition) is 6. The molecule has 0 spiro atoms. The zero-order valence-corrected chi connectivity index (χ0v) is 20.1. The van der Waals surface area contributed by atoms with Crippen molar-refractivity contribution in [3.8, 4) is 0 Å². The number of carbonyl (C=O) groups excluding carboxylic acids is 1. The van der Waals surface area contributed by atoms with Gasteiger partial charge in [0.15, 0.2) is 0 Å². The summed E-state index contributed by atoms with van der Waals surface area (Å²) >= 11 is 0. The first-order valence-electron chi connectivity index (χ1n) is 12.2. The quantitative estimate of drug-likeness (QED) is 0.142. The molecule has 0 saturated heterocycles. The molecule has 0 aliphatic heterocycles. The molecule has 7 nitrogen and oxygen atoms in total. The van der Waals surface area contributed by atoms with Gasteiger partial charge < -0.3 is 30.4 Å². The highest BCUT2D eigenvalue weighted by molar-refractivity contribution is 5.75. The fourth-order valence-corrected chi connectivity index (χ4v) is 3.33. The van der Waals surface area contributed by atoms with E-state index < -0.39 is 31.0 Å². The van der Waals surface area contributed by atoms with Gasteiger partial charge in [0.1, 0.15) is 24.4 Å². The van der Waals surface area contributed by atoms with E-state index in [1.807, 2.05) is 0 Å². The second-order valence-corrected chi connectivity index (χ2v) is 8.55. The maximum Gasteiger partial charge on any atom is 0.222 e. The van der Waals surface area contributed by atoms with Crippen molar-refractivity contribution in [2.24, 2.45) is 0 Å². The van der Waals surface area contributed by atoms with Crippen LogP contribution in [0.3, 0.4) is 0 Å². The number of aliphatic hydroxyl groups is 5. The normalized spacial score (nSPS) is 15.8. The van der Waals surface area contributed by atoms with Crippen molar-refractivity contribution >= 4 is 5.91 Å². The number of carbonyl (C=O) groups is 1. The van der Waals surface area contributed by atoms with Crippen LogP contribution < -0.4 is 0 Å². The topological polar surface area (TPSA) is 121 Å². The van der Waals surface area contributed by atoms with E-state index in [1.54, 1.807) is 0 Å². The second kappa shape index (κ2) is 20.4. The summed E-state index contributed by atoms with van der Waals surface area (Å²) in [6.07, 6.45) is 15.3. The molecule has 0 aromatic heterocycles. The summed E-state index contributed by atoms with van der Waals surface area (Å²) < 4.78 is 0. The van der Waals surface area contributed by atoms with E-state index in [2.05, 4.69) is 31.2 Å². The number of hydrogen-bond donors (Lipinski definition) is 5. The summed E-state index contributed by atoms with van der Waals surface area (Å²) in [6.45, 7) is 1.33. The van der Waals surface area contributed by atoms with Crippen molar-refractivity contribution < 1.29 is 30.3 Å². The van der Waals surface area contributed by atoms with Crippen molar-refractivity contribution in [3.63, 3.8) is 0 Å². The monoisotopic (exact) mass is 457 g/mol. The van der Waals surface area contributed by atoms with E-state index in [4.69, 9.17) is 5.11 Å². The molecular formula is C25H47NO6. The SMILES string of the molecule is CCCCC/C=C\C/C=C\CCCCCCCC(=O)N(C)C[C@H](O)[C@@H](O)[C@H](O)[C@H](O)CO. The van der Waals surface area contributed by atoms with E-state index >= 15 is 0 Å². The van der Waals surface area contributed by atoms with Crippen LogP contribution in [0, 0.1) is 0 Å². The van der Waals surface area contributed by atoms with Gasteiger partial charge in [-0.1, -0.05) is 63.3 Å². The van der Waals surface area contributed by atoms with Crippen LogP contribution in [-0.2, 0) is 4.79 Å². The Bertz CT molecular complexity index is 511. The molecule has 0 saturated carbocycles. The zero-order valence-electron chi connectivity index (χ0n) is 20.1. The molecule has 32 heavy (non-hydrogen) atoms. The average molecular weight is 458 g/mol. The molecule has 0 fully saturated rings. The van der Waals surface area contributed by atoms with Crippen LogP contribution in [0.2, 0.25) is 0 Å². The number of likely N-dealkylation sites (N-methyl/N-ethyl adjacent to an activating group) is 1. The molecule has 0 aromatic rings. The Labute approximate surface area is 194 Å². The molecule has 0 radical (unpaired) electrons. The van der Waals surface area contributed by atoms with Crippen LogP contribution in [0.1, 0.15) is 84.0 Å². The van der Waals surface area contributed by atoms with Gasteiger partial charge in [0.25, 0.3) is 0 Å². The van der Waals surface area contributed by atoms with Crippen LogP contribution >= 0.6 is 0 Å². The highest BCUT2D eigenvalue weighted by atomic mass is 16.4. The maximum atomic E-state index is 12.2. The zero-order chi connectivity index (χ0) is 24.2. The summed E-state index contributed by atoms with van der Waals surface area (Å²) in [5.74, 6) is -0.140. The van der Waals surface area contributed by atoms with Crippen LogP contribution in [0.4, 0.5) is 0 Å². The fraction of sp³-hybridized carbons (Fsp3) is 0.800. The first-order valence-corrected chi connectivity index (χ1v) is 12.2. The Morgan fingerprint density at radius 3 is 1.91 bits per heavy atom. The smallest absolute Gasteiger partial charge is 0.222 e. The molecule has 7 heteroatoms. The van der Waals surface area contributed by atoms with E-state index in [0.29, 0.717) is 6.42 Å². The molecule has 0 aromatic carbocycles. The van der Waals surface area contributed by atoms with Crippen LogP contribution in [0.15, 0.2) is 24.3 Å². The Kier molecular flexibility index (Phi) is 19.6. The minimum atomic E-state index is -1.68. The van der Waals surface area contributed by atoms with Gasteiger partial charge in [0, 0.05) is 20.0 Å². The lowest BCUT2D eigenvalue weighted by molar-refractivity contribution is -0.138. The van der Waals surface area contributed by atoms with Crippen molar-refractivity contribution in [2.75, 3.05) is 20.2 Å². The maximum absolute atomic E-state index is 12.2. The third-order valence-electron chi connectivity index (χ3n) is 5.55. The molecule has 0 aliphatic carbocycles. The van der Waals surface area contributed by atoms with Crippen LogP contribution in [-0.4, -0.2) is 81.0 Å². The Hall–Kier alpha value is -1.25. The molecule has 1 amide bonds. The summed E-state index contributed by atoms with van der Waals surface area (Å²) in [6, 6.07) is 0. The van der Waals surface area contributed by atoms with E-state index in [0.717, 1.165) is 44.9 Å². The summed E-state index contributed by atoms with van der Waals surface area (Å²) in [5.41, 5.74) is 0. The van der Waals surface area contributed by atoms with Crippen molar-refractivity contribution in [3.05, 3.63) is 24.3 Å². The standard InChI is InChI=1S/C25H47NO6/c1-3-4-5-6-7-8-9-10-11-12-13-14-15-16-17-18-23(30)26(2)19-21(28)24(31)25(32)22(29)20-27/h7-8,10-11,21-22,24-25,27-29,31-32H,3-6,9,12-20H2,1-2H3/b8-7-,11-10-/t21-,22+,24+,25+/m0/s1. The van der Waals surface area contributed by atoms with Gasteiger partial charge in [-0.3, -0.25) is 4.79 Å². The minimum absolute atomic E-state index is 0.140. The molecule has 0 bridgehead atoms. The van der Waals surface area contributed by atoms with Crippen molar-refractivity contribution in [1.82, 2.24) is 4.90 Å². The minimum Gasteiger partial charge on any atom is -0.394 e. The van der Waals surface area contributed by atoms with Gasteiger partial charge in [-0.25, -0.2) is 0 Å². The number of aliphatic hydroxyl groups excluding tert-OH is 5.